The molecule has 0 aromatic carbocycles. The molecule has 1 aliphatic heterocycles. The molecule has 0 radical (unpaired) electrons. The van der Waals surface area contributed by atoms with Gasteiger partial charge in [0.1, 0.15) is 18.2 Å². The van der Waals surface area contributed by atoms with Gasteiger partial charge >= 0.3 is 5.97 Å². The van der Waals surface area contributed by atoms with Crippen LogP contribution in [0.4, 0.5) is 0 Å². The Bertz CT molecular complexity index is 1950. The smallest absolute Gasteiger partial charge is 0.327 e. The summed E-state index contributed by atoms with van der Waals surface area (Å²) in [5.74, 6) is 1.92. The van der Waals surface area contributed by atoms with E-state index in [2.05, 4.69) is 80.8 Å². The number of tetrazole rings is 2. The lowest BCUT2D eigenvalue weighted by molar-refractivity contribution is -0.138. The summed E-state index contributed by atoms with van der Waals surface area (Å²) in [7, 11) is -5.69. The zero-order valence-electron chi connectivity index (χ0n) is 44.5. The second-order valence-electron chi connectivity index (χ2n) is 22.3. The lowest BCUT2D eigenvalue weighted by Crippen LogP contribution is -2.26. The molecule has 20 nitrogen and oxygen atoms in total. The van der Waals surface area contributed by atoms with Crippen molar-refractivity contribution in [2.24, 2.45) is 32.0 Å². The number of ketones is 2. The fourth-order valence-electron chi connectivity index (χ4n) is 3.21. The van der Waals surface area contributed by atoms with Crippen molar-refractivity contribution in [2.45, 2.75) is 207 Å². The second-order valence-corrected chi connectivity index (χ2v) is 28.2. The van der Waals surface area contributed by atoms with E-state index in [-0.39, 0.29) is 60.7 Å². The Labute approximate surface area is 399 Å². The van der Waals surface area contributed by atoms with Gasteiger partial charge in [0, 0.05) is 40.2 Å². The third-order valence-electron chi connectivity index (χ3n) is 8.28. The number of rotatable bonds is 6. The van der Waals surface area contributed by atoms with Gasteiger partial charge in [-0.3, -0.25) is 18.9 Å². The Kier molecular flexibility index (Phi) is 31.7. The highest BCUT2D eigenvalue weighted by Crippen LogP contribution is 2.49. The summed E-state index contributed by atoms with van der Waals surface area (Å²) >= 11 is 0. The van der Waals surface area contributed by atoms with Gasteiger partial charge in [0.25, 0.3) is 6.92 Å². The molecule has 2 aromatic heterocycles. The topological polar surface area (TPSA) is 287 Å². The molecule has 0 fully saturated rings. The number of hydrogen-bond donors (Lipinski definition) is 3. The summed E-state index contributed by atoms with van der Waals surface area (Å²) in [5, 5.41) is 46.9. The number of nitrogens with zero attached hydrogens (tertiary/aromatic N) is 11. The van der Waals surface area contributed by atoms with E-state index in [1.165, 1.54) is 19.8 Å². The number of Topliss-reactive ketones (excluding diaryl/α,β-unsaturated/α-hetero) is 2. The molecule has 3 N–H and O–H groups in total. The predicted octanol–water partition coefficient (Wildman–Crippen LogP) is 8.50. The van der Waals surface area contributed by atoms with Gasteiger partial charge in [-0.05, 0) is 62.0 Å². The van der Waals surface area contributed by atoms with Crippen LogP contribution in [-0.4, -0.2) is 124 Å². The highest BCUT2D eigenvalue weighted by atomic mass is 32.2. The number of carboxylic acid groups (broad SMARTS) is 1. The van der Waals surface area contributed by atoms with E-state index in [4.69, 9.17) is 15.0 Å². The molecular weight excluding hydrogens is 888 g/mol. The molecule has 1 unspecified atom stereocenters. The summed E-state index contributed by atoms with van der Waals surface area (Å²) in [6, 6.07) is 0. The highest BCUT2D eigenvalue weighted by molar-refractivity contribution is 7.92. The number of azo groups is 1. The average Bonchev–Trinajstić information content (AvgIpc) is 3.81. The SMILES string of the molecule is C.CB(O)CC(C)(C)C.CC(=O)C(C)(C)C.CC(=O)Cn1nnnc1C(C)(C)C.CC(C)(C)P(C)(=O)O.CC(C)(C)S(C)(=O)=O.CC(C)(C)c1nnn(CC(=O)O)n1.CC(C)C1=NCN=N1. The van der Waals surface area contributed by atoms with E-state index in [0.717, 1.165) is 22.8 Å². The van der Waals surface area contributed by atoms with Gasteiger partial charge in [-0.1, -0.05) is 132 Å². The predicted molar refractivity (Wildman–Crippen MR) is 268 cm³/mol. The van der Waals surface area contributed by atoms with Crippen molar-refractivity contribution in [1.29, 1.82) is 0 Å². The van der Waals surface area contributed by atoms with Crippen LogP contribution in [0, 0.1) is 16.7 Å². The maximum atomic E-state index is 10.9. The summed E-state index contributed by atoms with van der Waals surface area (Å²) in [4.78, 5) is 45.6. The van der Waals surface area contributed by atoms with Crippen molar-refractivity contribution in [3.8, 4) is 0 Å². The molecule has 3 heterocycles. The van der Waals surface area contributed by atoms with E-state index < -0.39 is 33.1 Å². The Morgan fingerprint density at radius 1 is 0.818 bits per heavy atom. The monoisotopic (exact) mass is 980 g/mol. The van der Waals surface area contributed by atoms with Crippen molar-refractivity contribution in [2.75, 3.05) is 19.6 Å². The van der Waals surface area contributed by atoms with Crippen molar-refractivity contribution >= 4 is 47.5 Å². The first-order chi connectivity index (χ1) is 28.5. The molecule has 0 saturated heterocycles. The first-order valence-electron chi connectivity index (χ1n) is 21.3. The number of carbonyl (C=O) groups excluding carboxylic acids is 2. The number of carbonyl (C=O) groups is 3. The number of amidine groups is 1. The fourth-order valence-corrected chi connectivity index (χ4v) is 3.21. The molecule has 2 aromatic rings. The lowest BCUT2D eigenvalue weighted by Gasteiger charge is -2.21. The molecule has 66 heavy (non-hydrogen) atoms. The zero-order valence-corrected chi connectivity index (χ0v) is 46.3. The number of aliphatic carboxylic acids is 1. The summed E-state index contributed by atoms with van der Waals surface area (Å²) in [5.41, 5.74) is -0.191. The van der Waals surface area contributed by atoms with Gasteiger partial charge in [-0.15, -0.1) is 20.4 Å². The second kappa shape index (κ2) is 29.3. The van der Waals surface area contributed by atoms with Crippen molar-refractivity contribution in [1.82, 2.24) is 40.4 Å². The minimum absolute atomic E-state index is 0. The van der Waals surface area contributed by atoms with Crippen molar-refractivity contribution < 1.29 is 42.4 Å². The van der Waals surface area contributed by atoms with E-state index in [1.54, 1.807) is 53.1 Å². The Morgan fingerprint density at radius 2 is 1.24 bits per heavy atom. The minimum Gasteiger partial charge on any atom is -0.480 e. The van der Waals surface area contributed by atoms with Gasteiger partial charge < -0.3 is 15.0 Å². The molecule has 0 saturated carbocycles. The van der Waals surface area contributed by atoms with Crippen LogP contribution >= 0.6 is 7.37 Å². The molecule has 386 valence electrons. The summed E-state index contributed by atoms with van der Waals surface area (Å²) in [6.45, 7) is 45.1. The third-order valence-corrected chi connectivity index (χ3v) is 13.0. The Hall–Kier alpha value is -3.62. The first kappa shape index (κ1) is 71.4. The van der Waals surface area contributed by atoms with E-state index in [1.807, 2.05) is 69.1 Å². The maximum Gasteiger partial charge on any atom is 0.327 e. The van der Waals surface area contributed by atoms with Crippen LogP contribution in [0.25, 0.3) is 0 Å². The van der Waals surface area contributed by atoms with Crippen LogP contribution in [0.3, 0.4) is 0 Å². The Morgan fingerprint density at radius 3 is 1.44 bits per heavy atom. The first-order valence-corrected chi connectivity index (χ1v) is 25.3. The molecule has 0 bridgehead atoms. The van der Waals surface area contributed by atoms with E-state index >= 15 is 0 Å². The van der Waals surface area contributed by atoms with E-state index in [0.29, 0.717) is 18.4 Å². The van der Waals surface area contributed by atoms with Gasteiger partial charge in [-0.25, -0.2) is 18.1 Å². The van der Waals surface area contributed by atoms with Gasteiger partial charge in [0.2, 0.25) is 7.37 Å². The molecule has 1 aliphatic rings. The molecule has 1 atom stereocenters. The molecule has 0 amide bonds. The summed E-state index contributed by atoms with van der Waals surface area (Å²) in [6.07, 6.45) is 2.12. The average molecular weight is 980 g/mol. The standard InChI is InChI=1S/C8H14N4O.C7H12N4O2.C6H15BO.C6H12O.C5H9N3.C5H13O2P.C5H12O2S.CH4/c1-6(13)5-12-7(8(2,3)4)9-10-11-12;1-7(2,3)6-8-10-11(9-6)4-5(12)13;1-6(2,3)5-7(4)8;1-5(7)6(2,3)4;1-4(2)5-6-3-7-8-5;2*1-5(2,3)8(4,6)7;/h5H2,1-4H3;4H2,1-3H3,(H,12,13);8H,5H2,1-4H3;1-4H3;4H,3H2,1-2H3;1-4H3,(H,6,7);1-4H3;1H4. The normalized spacial score (nSPS) is 13.5. The van der Waals surface area contributed by atoms with Crippen LogP contribution in [-0.2, 0) is 52.7 Å². The summed E-state index contributed by atoms with van der Waals surface area (Å²) < 4.78 is 33.1. The third kappa shape index (κ3) is 37.5. The van der Waals surface area contributed by atoms with Crippen LogP contribution in [0.15, 0.2) is 15.2 Å². The van der Waals surface area contributed by atoms with Crippen molar-refractivity contribution in [3.63, 3.8) is 0 Å². The lowest BCUT2D eigenvalue weighted by atomic mass is 9.60. The molecular formula is C43H91BN11O9PS. The van der Waals surface area contributed by atoms with Gasteiger partial charge in [-0.2, -0.15) is 9.91 Å². The van der Waals surface area contributed by atoms with Crippen LogP contribution in [0.1, 0.15) is 171 Å². The molecule has 0 spiro atoms. The molecule has 23 heteroatoms. The number of sulfone groups is 1. The number of carboxylic acids is 1. The minimum atomic E-state index is -2.85. The van der Waals surface area contributed by atoms with Crippen LogP contribution < -0.4 is 0 Å². The number of aromatic nitrogens is 8. The molecule has 3 rings (SSSR count). The van der Waals surface area contributed by atoms with Gasteiger partial charge in [0.05, 0.1) is 4.75 Å². The highest BCUT2D eigenvalue weighted by Gasteiger charge is 2.28. The quantitative estimate of drug-likeness (QED) is 0.181. The number of aliphatic imine (C=N–C) groups is 1. The van der Waals surface area contributed by atoms with E-state index in [9.17, 15) is 27.4 Å². The number of hydrogen-bond acceptors (Lipinski definition) is 16. The largest absolute Gasteiger partial charge is 0.480 e. The van der Waals surface area contributed by atoms with Gasteiger partial charge in [0.15, 0.2) is 40.5 Å². The van der Waals surface area contributed by atoms with Crippen LogP contribution in [0.5, 0.6) is 0 Å². The Balaban J connectivity index is -0.000000222. The van der Waals surface area contributed by atoms with Crippen molar-refractivity contribution in [3.05, 3.63) is 11.6 Å². The zero-order chi connectivity index (χ0) is 53.0. The fraction of sp³-hybridized carbons (Fsp3) is 0.860. The molecule has 0 aliphatic carbocycles. The van der Waals surface area contributed by atoms with Crippen LogP contribution in [0.2, 0.25) is 13.1 Å². The maximum absolute atomic E-state index is 10.9.